The highest BCUT2D eigenvalue weighted by molar-refractivity contribution is 7.30. The first-order valence-electron chi connectivity index (χ1n) is 5.92. The van der Waals surface area contributed by atoms with E-state index in [0.29, 0.717) is 0 Å². The van der Waals surface area contributed by atoms with Gasteiger partial charge in [-0.25, -0.2) is 0 Å². The molecule has 0 atom stereocenters. The van der Waals surface area contributed by atoms with Crippen LogP contribution in [-0.4, -0.2) is 16.2 Å². The molecule has 0 aromatic carbocycles. The van der Waals surface area contributed by atoms with E-state index in [4.69, 9.17) is 0 Å². The van der Waals surface area contributed by atoms with Crippen LogP contribution in [0.1, 0.15) is 17.8 Å². The molecule has 0 aliphatic heterocycles. The lowest BCUT2D eigenvalue weighted by Gasteiger charge is -1.95. The van der Waals surface area contributed by atoms with Crippen molar-refractivity contribution in [2.24, 2.45) is 0 Å². The fourth-order valence-electron chi connectivity index (χ4n) is 1.81. The van der Waals surface area contributed by atoms with E-state index in [0.717, 1.165) is 22.6 Å². The number of nitrogens with zero attached hydrogens (tertiary/aromatic N) is 2. The summed E-state index contributed by atoms with van der Waals surface area (Å²) >= 11 is 5.30. The molecule has 1 fully saturated rings. The van der Waals surface area contributed by atoms with E-state index in [1.54, 1.807) is 34.0 Å². The summed E-state index contributed by atoms with van der Waals surface area (Å²) in [6.07, 6.45) is 2.62. The summed E-state index contributed by atoms with van der Waals surface area (Å²) in [5.41, 5.74) is 0. The van der Waals surface area contributed by atoms with Crippen molar-refractivity contribution in [2.75, 3.05) is 0 Å². The molecule has 0 radical (unpaired) electrons. The molecule has 6 heteroatoms. The van der Waals surface area contributed by atoms with Crippen molar-refractivity contribution in [3.8, 4) is 9.88 Å². The van der Waals surface area contributed by atoms with E-state index >= 15 is 0 Å². The van der Waals surface area contributed by atoms with Gasteiger partial charge in [0.2, 0.25) is 0 Å². The molecule has 0 saturated heterocycles. The third-order valence-electron chi connectivity index (χ3n) is 2.94. The van der Waals surface area contributed by atoms with Crippen molar-refractivity contribution in [2.45, 2.75) is 25.4 Å². The predicted octanol–water partition coefficient (Wildman–Crippen LogP) is 3.73. The summed E-state index contributed by atoms with van der Waals surface area (Å²) in [4.78, 5) is 1.24. The standard InChI is InChI=1S/C12H11N3S3/c1-2-7(1)13-6-11-14-15-12(18-11)10-5-9-8(17-10)3-4-16-9/h3-5,7,13H,1-2,6H2. The number of nitrogens with one attached hydrogen (secondary N) is 1. The zero-order chi connectivity index (χ0) is 11.9. The molecule has 1 aliphatic carbocycles. The number of rotatable bonds is 4. The Labute approximate surface area is 117 Å². The van der Waals surface area contributed by atoms with Crippen LogP contribution in [0.3, 0.4) is 0 Å². The third kappa shape index (κ3) is 2.09. The van der Waals surface area contributed by atoms with E-state index < -0.39 is 0 Å². The van der Waals surface area contributed by atoms with Gasteiger partial charge in [-0.2, -0.15) is 0 Å². The number of fused-ring (bicyclic) bond motifs is 1. The van der Waals surface area contributed by atoms with Gasteiger partial charge in [0.15, 0.2) is 5.01 Å². The van der Waals surface area contributed by atoms with Gasteiger partial charge < -0.3 is 5.32 Å². The molecule has 1 saturated carbocycles. The van der Waals surface area contributed by atoms with Crippen LogP contribution in [0, 0.1) is 0 Å². The van der Waals surface area contributed by atoms with Crippen molar-refractivity contribution in [3.63, 3.8) is 0 Å². The first kappa shape index (κ1) is 11.0. The molecule has 18 heavy (non-hydrogen) atoms. The SMILES string of the molecule is c1cc2sc(-c3nnc(CNC4CC4)s3)cc2s1. The van der Waals surface area contributed by atoms with Crippen LogP contribution in [0.15, 0.2) is 17.5 Å². The largest absolute Gasteiger partial charge is 0.308 e. The second-order valence-corrected chi connectivity index (χ2v) is 7.51. The van der Waals surface area contributed by atoms with Crippen molar-refractivity contribution in [1.82, 2.24) is 15.5 Å². The van der Waals surface area contributed by atoms with E-state index in [2.05, 4.69) is 33.0 Å². The average molecular weight is 293 g/mol. The topological polar surface area (TPSA) is 37.8 Å². The molecule has 3 aromatic heterocycles. The zero-order valence-electron chi connectivity index (χ0n) is 9.55. The monoisotopic (exact) mass is 293 g/mol. The molecule has 0 bridgehead atoms. The molecule has 0 spiro atoms. The van der Waals surface area contributed by atoms with E-state index in [-0.39, 0.29) is 0 Å². The van der Waals surface area contributed by atoms with Crippen LogP contribution in [-0.2, 0) is 6.54 Å². The van der Waals surface area contributed by atoms with Crippen molar-refractivity contribution in [1.29, 1.82) is 0 Å². The van der Waals surface area contributed by atoms with Gasteiger partial charge in [-0.3, -0.25) is 0 Å². The smallest absolute Gasteiger partial charge is 0.157 e. The average Bonchev–Trinajstić information content (AvgIpc) is 2.79. The van der Waals surface area contributed by atoms with Gasteiger partial charge in [0, 0.05) is 22.0 Å². The predicted molar refractivity (Wildman–Crippen MR) is 78.5 cm³/mol. The minimum absolute atomic E-state index is 0.726. The third-order valence-corrected chi connectivity index (χ3v) is 6.12. The molecule has 3 aromatic rings. The molecule has 1 N–H and O–H groups in total. The molecule has 3 nitrogen and oxygen atoms in total. The summed E-state index contributed by atoms with van der Waals surface area (Å²) < 4.78 is 2.70. The van der Waals surface area contributed by atoms with E-state index in [9.17, 15) is 0 Å². The Morgan fingerprint density at radius 2 is 2.17 bits per heavy atom. The first-order valence-corrected chi connectivity index (χ1v) is 8.43. The minimum atomic E-state index is 0.726. The van der Waals surface area contributed by atoms with E-state index in [1.165, 1.54) is 27.1 Å². The van der Waals surface area contributed by atoms with Crippen LogP contribution in [0.25, 0.3) is 19.3 Å². The number of hydrogen-bond donors (Lipinski definition) is 1. The van der Waals surface area contributed by atoms with Gasteiger partial charge in [-0.15, -0.1) is 32.9 Å². The lowest BCUT2D eigenvalue weighted by Crippen LogP contribution is -2.14. The molecule has 0 amide bonds. The lowest BCUT2D eigenvalue weighted by atomic mass is 10.4. The lowest BCUT2D eigenvalue weighted by molar-refractivity contribution is 0.679. The highest BCUT2D eigenvalue weighted by Crippen LogP contribution is 2.37. The fourth-order valence-corrected chi connectivity index (χ4v) is 4.75. The Balaban J connectivity index is 1.57. The minimum Gasteiger partial charge on any atom is -0.308 e. The van der Waals surface area contributed by atoms with Gasteiger partial charge in [0.1, 0.15) is 5.01 Å². The maximum atomic E-state index is 4.30. The number of aromatic nitrogens is 2. The number of hydrogen-bond acceptors (Lipinski definition) is 6. The van der Waals surface area contributed by atoms with Crippen LogP contribution in [0.4, 0.5) is 0 Å². The Hall–Kier alpha value is -0.820. The summed E-state index contributed by atoms with van der Waals surface area (Å²) in [6, 6.07) is 5.12. The highest BCUT2D eigenvalue weighted by Gasteiger charge is 2.21. The quantitative estimate of drug-likeness (QED) is 0.796. The fraction of sp³-hybridized carbons (Fsp3) is 0.333. The molecule has 4 rings (SSSR count). The van der Waals surface area contributed by atoms with Gasteiger partial charge in [-0.1, -0.05) is 11.3 Å². The maximum Gasteiger partial charge on any atom is 0.157 e. The molecular weight excluding hydrogens is 282 g/mol. The molecule has 92 valence electrons. The van der Waals surface area contributed by atoms with Crippen LogP contribution < -0.4 is 5.32 Å². The Morgan fingerprint density at radius 1 is 1.22 bits per heavy atom. The molecule has 0 unspecified atom stereocenters. The summed E-state index contributed by atoms with van der Waals surface area (Å²) in [5.74, 6) is 0. The highest BCUT2D eigenvalue weighted by atomic mass is 32.1. The van der Waals surface area contributed by atoms with Crippen LogP contribution >= 0.6 is 34.0 Å². The summed E-state index contributed by atoms with van der Waals surface area (Å²) in [6.45, 7) is 0.863. The van der Waals surface area contributed by atoms with Gasteiger partial charge in [-0.05, 0) is 30.4 Å². The molecule has 1 aliphatic rings. The van der Waals surface area contributed by atoms with Crippen LogP contribution in [0.5, 0.6) is 0 Å². The second kappa shape index (κ2) is 4.38. The molecular formula is C12H11N3S3. The zero-order valence-corrected chi connectivity index (χ0v) is 12.0. The van der Waals surface area contributed by atoms with Gasteiger partial charge in [0.05, 0.1) is 4.88 Å². The first-order chi connectivity index (χ1) is 8.88. The Morgan fingerprint density at radius 3 is 3.00 bits per heavy atom. The van der Waals surface area contributed by atoms with Crippen molar-refractivity contribution in [3.05, 3.63) is 22.5 Å². The molecule has 3 heterocycles. The van der Waals surface area contributed by atoms with Crippen molar-refractivity contribution < 1.29 is 0 Å². The van der Waals surface area contributed by atoms with Gasteiger partial charge >= 0.3 is 0 Å². The van der Waals surface area contributed by atoms with Crippen LogP contribution in [0.2, 0.25) is 0 Å². The summed E-state index contributed by atoms with van der Waals surface area (Å²) in [5, 5.41) is 16.3. The summed E-state index contributed by atoms with van der Waals surface area (Å²) in [7, 11) is 0. The second-order valence-electron chi connectivity index (χ2n) is 4.42. The Kier molecular flexibility index (Phi) is 2.69. The van der Waals surface area contributed by atoms with Gasteiger partial charge in [0.25, 0.3) is 0 Å². The normalized spacial score (nSPS) is 15.6. The Bertz CT molecular complexity index is 649. The number of thiophene rings is 2. The maximum absolute atomic E-state index is 4.30. The van der Waals surface area contributed by atoms with Crippen molar-refractivity contribution >= 4 is 43.4 Å². The van der Waals surface area contributed by atoms with E-state index in [1.807, 2.05) is 0 Å².